The molecule has 2 heterocycles. The smallest absolute Gasteiger partial charge is 0.300 e. The molecule has 3 aromatic rings. The molecule has 0 saturated carbocycles. The van der Waals surface area contributed by atoms with Crippen molar-refractivity contribution in [2.24, 2.45) is 0 Å². The monoisotopic (exact) mass is 380 g/mol. The molecule has 4 rings (SSSR count). The lowest BCUT2D eigenvalue weighted by Crippen LogP contribution is -2.13. The van der Waals surface area contributed by atoms with Crippen LogP contribution in [0, 0.1) is 13.8 Å². The molecule has 0 amide bonds. The average molecular weight is 380 g/mol. The van der Waals surface area contributed by atoms with Crippen LogP contribution in [0.5, 0.6) is 11.8 Å². The molecule has 1 aliphatic rings. The predicted octanol–water partition coefficient (Wildman–Crippen LogP) is 3.11. The number of aliphatic hydroxyl groups excluding tert-OH is 1. The van der Waals surface area contributed by atoms with Crippen molar-refractivity contribution in [3.05, 3.63) is 75.7 Å². The van der Waals surface area contributed by atoms with Gasteiger partial charge in [-0.15, -0.1) is 0 Å². The van der Waals surface area contributed by atoms with Gasteiger partial charge in [0.05, 0.1) is 26.0 Å². The number of ether oxygens (including phenoxy) is 2. The summed E-state index contributed by atoms with van der Waals surface area (Å²) in [7, 11) is 1.69. The Morgan fingerprint density at radius 1 is 1.18 bits per heavy atom. The number of benzene rings is 2. The predicted molar refractivity (Wildman–Crippen MR) is 108 cm³/mol. The lowest BCUT2D eigenvalue weighted by Gasteiger charge is -2.09. The van der Waals surface area contributed by atoms with Gasteiger partial charge >= 0.3 is 0 Å². The van der Waals surface area contributed by atoms with Crippen molar-refractivity contribution in [3.8, 4) is 22.9 Å². The highest BCUT2D eigenvalue weighted by Gasteiger charge is 2.15. The second-order valence-corrected chi connectivity index (χ2v) is 6.50. The maximum atomic E-state index is 10.9. The topological polar surface area (TPSA) is 73.6 Å². The number of hydrogen-bond acceptors (Lipinski definition) is 5. The Bertz CT molecular complexity index is 1010. The van der Waals surface area contributed by atoms with Gasteiger partial charge in [-0.25, -0.2) is 0 Å². The lowest BCUT2D eigenvalue weighted by atomic mass is 9.97. The van der Waals surface area contributed by atoms with Crippen LogP contribution in [0.4, 0.5) is 0 Å². The van der Waals surface area contributed by atoms with E-state index in [0.29, 0.717) is 24.9 Å². The van der Waals surface area contributed by atoms with Crippen molar-refractivity contribution >= 4 is 0 Å². The molecule has 0 radical (unpaired) electrons. The van der Waals surface area contributed by atoms with E-state index in [0.717, 1.165) is 5.75 Å². The van der Waals surface area contributed by atoms with Crippen molar-refractivity contribution in [3.63, 3.8) is 0 Å². The third kappa shape index (κ3) is 4.23. The first kappa shape index (κ1) is 19.6. The van der Waals surface area contributed by atoms with Crippen LogP contribution in [0.15, 0.2) is 53.3 Å². The van der Waals surface area contributed by atoms with Gasteiger partial charge in [-0.1, -0.05) is 30.3 Å². The van der Waals surface area contributed by atoms with Gasteiger partial charge in [0.2, 0.25) is 0 Å². The van der Waals surface area contributed by atoms with Crippen molar-refractivity contribution in [2.45, 2.75) is 27.0 Å². The van der Waals surface area contributed by atoms with E-state index in [9.17, 15) is 4.79 Å². The summed E-state index contributed by atoms with van der Waals surface area (Å²) >= 11 is 0. The van der Waals surface area contributed by atoms with E-state index in [-0.39, 0.29) is 12.2 Å². The number of hydrogen-bond donors (Lipinski definition) is 1. The standard InChI is InChI=1S/C15H16O.C7H8N2O3/c1-11-5-4-6-15(12(11)2)13-7-9-14(16-3)10-8-13;10-4-5-3-6(11)8-7-9(5)1-2-12-7/h4-10H,1-3H3;3,10H,1-2,4H2. The molecular formula is C22H24N2O4. The number of rotatable bonds is 3. The van der Waals surface area contributed by atoms with Crippen LogP contribution in [-0.2, 0) is 13.2 Å². The normalized spacial score (nSPS) is 11.9. The van der Waals surface area contributed by atoms with Gasteiger partial charge in [0.15, 0.2) is 0 Å². The summed E-state index contributed by atoms with van der Waals surface area (Å²) in [5, 5.41) is 8.88. The maximum absolute atomic E-state index is 10.9. The van der Waals surface area contributed by atoms with Crippen LogP contribution in [-0.4, -0.2) is 28.4 Å². The highest BCUT2D eigenvalue weighted by molar-refractivity contribution is 5.68. The highest BCUT2D eigenvalue weighted by Crippen LogP contribution is 2.26. The van der Waals surface area contributed by atoms with Gasteiger partial charge < -0.3 is 14.6 Å². The van der Waals surface area contributed by atoms with E-state index in [1.54, 1.807) is 11.7 Å². The van der Waals surface area contributed by atoms with Crippen LogP contribution in [0.1, 0.15) is 16.8 Å². The lowest BCUT2D eigenvalue weighted by molar-refractivity contribution is 0.270. The first-order valence-electron chi connectivity index (χ1n) is 9.08. The van der Waals surface area contributed by atoms with E-state index in [2.05, 4.69) is 49.2 Å². The molecule has 1 aliphatic heterocycles. The number of aromatic nitrogens is 2. The van der Waals surface area contributed by atoms with Crippen molar-refractivity contribution < 1.29 is 14.6 Å². The fourth-order valence-electron chi connectivity index (χ4n) is 3.07. The highest BCUT2D eigenvalue weighted by atomic mass is 16.5. The molecule has 0 atom stereocenters. The third-order valence-corrected chi connectivity index (χ3v) is 4.79. The average Bonchev–Trinajstić information content (AvgIpc) is 3.18. The van der Waals surface area contributed by atoms with Gasteiger partial charge in [0.25, 0.3) is 11.6 Å². The zero-order chi connectivity index (χ0) is 20.1. The Morgan fingerprint density at radius 3 is 2.61 bits per heavy atom. The molecule has 2 aromatic carbocycles. The Hall–Kier alpha value is -3.12. The zero-order valence-corrected chi connectivity index (χ0v) is 16.3. The number of aliphatic hydroxyl groups is 1. The molecule has 6 heteroatoms. The fraction of sp³-hybridized carbons (Fsp3) is 0.273. The maximum Gasteiger partial charge on any atom is 0.300 e. The van der Waals surface area contributed by atoms with E-state index >= 15 is 0 Å². The first-order chi connectivity index (χ1) is 13.5. The molecule has 146 valence electrons. The van der Waals surface area contributed by atoms with Crippen LogP contribution in [0.2, 0.25) is 0 Å². The fourth-order valence-corrected chi connectivity index (χ4v) is 3.07. The second kappa shape index (κ2) is 8.71. The van der Waals surface area contributed by atoms with Crippen LogP contribution in [0.25, 0.3) is 11.1 Å². The first-order valence-corrected chi connectivity index (χ1v) is 9.08. The summed E-state index contributed by atoms with van der Waals surface area (Å²) in [5.41, 5.74) is 5.39. The Labute approximate surface area is 164 Å². The van der Waals surface area contributed by atoms with Crippen LogP contribution >= 0.6 is 0 Å². The minimum atomic E-state index is -0.368. The minimum Gasteiger partial charge on any atom is -0.497 e. The van der Waals surface area contributed by atoms with Crippen molar-refractivity contribution in [1.29, 1.82) is 0 Å². The molecule has 0 bridgehead atoms. The number of methoxy groups -OCH3 is 1. The number of fused-ring (bicyclic) bond motifs is 1. The van der Waals surface area contributed by atoms with E-state index < -0.39 is 0 Å². The van der Waals surface area contributed by atoms with Gasteiger partial charge in [0.1, 0.15) is 12.4 Å². The van der Waals surface area contributed by atoms with Gasteiger partial charge in [-0.05, 0) is 48.2 Å². The Balaban J connectivity index is 0.000000167. The molecule has 6 nitrogen and oxygen atoms in total. The summed E-state index contributed by atoms with van der Waals surface area (Å²) in [4.78, 5) is 14.5. The van der Waals surface area contributed by atoms with Crippen molar-refractivity contribution in [2.75, 3.05) is 13.7 Å². The summed E-state index contributed by atoms with van der Waals surface area (Å²) in [6.07, 6.45) is 0. The molecule has 1 aromatic heterocycles. The zero-order valence-electron chi connectivity index (χ0n) is 16.3. The van der Waals surface area contributed by atoms with E-state index in [1.807, 2.05) is 12.1 Å². The van der Waals surface area contributed by atoms with E-state index in [4.69, 9.17) is 14.6 Å². The van der Waals surface area contributed by atoms with E-state index in [1.165, 1.54) is 28.3 Å². The third-order valence-electron chi connectivity index (χ3n) is 4.79. The van der Waals surface area contributed by atoms with Crippen molar-refractivity contribution in [1.82, 2.24) is 9.55 Å². The Morgan fingerprint density at radius 2 is 1.93 bits per heavy atom. The second-order valence-electron chi connectivity index (χ2n) is 6.50. The molecular weight excluding hydrogens is 356 g/mol. The van der Waals surface area contributed by atoms with Gasteiger partial charge in [-0.2, -0.15) is 4.98 Å². The quantitative estimate of drug-likeness (QED) is 0.756. The van der Waals surface area contributed by atoms with Gasteiger partial charge in [-0.3, -0.25) is 9.36 Å². The molecule has 0 spiro atoms. The van der Waals surface area contributed by atoms with Gasteiger partial charge in [0, 0.05) is 6.07 Å². The summed E-state index contributed by atoms with van der Waals surface area (Å²) in [6.45, 7) is 5.31. The number of aryl methyl sites for hydroxylation is 1. The molecule has 0 aliphatic carbocycles. The summed E-state index contributed by atoms with van der Waals surface area (Å²) in [5.74, 6) is 0.897. The minimum absolute atomic E-state index is 0.159. The van der Waals surface area contributed by atoms with Crippen LogP contribution in [0.3, 0.4) is 0 Å². The SMILES string of the molecule is COc1ccc(-c2cccc(C)c2C)cc1.O=c1cc(CO)n2c(n1)OCC2. The molecule has 0 fully saturated rings. The summed E-state index contributed by atoms with van der Waals surface area (Å²) < 4.78 is 11.9. The Kier molecular flexibility index (Phi) is 6.11. The summed E-state index contributed by atoms with van der Waals surface area (Å²) in [6, 6.07) is 16.2. The molecule has 0 saturated heterocycles. The van der Waals surface area contributed by atoms with Crippen LogP contribution < -0.4 is 15.0 Å². The molecule has 1 N–H and O–H groups in total. The largest absolute Gasteiger partial charge is 0.497 e. The number of nitrogens with zero attached hydrogens (tertiary/aromatic N) is 2. The molecule has 28 heavy (non-hydrogen) atoms. The molecule has 0 unspecified atom stereocenters.